The smallest absolute Gasteiger partial charge is 0.341 e. The highest BCUT2D eigenvalue weighted by Crippen LogP contribution is 2.32. The van der Waals surface area contributed by atoms with Crippen molar-refractivity contribution in [2.45, 2.75) is 20.4 Å². The molecule has 0 aliphatic heterocycles. The Morgan fingerprint density at radius 3 is 2.76 bits per heavy atom. The molecule has 3 aromatic rings. The van der Waals surface area contributed by atoms with E-state index in [-0.39, 0.29) is 0 Å². The number of carbonyl (C=O) groups excluding carboxylic acids is 1. The SMILES string of the molecule is COC(=O)c1cc(CNc2ncnc3sc(C)c(C)c23)ccc1OC. The Morgan fingerprint density at radius 1 is 1.24 bits per heavy atom. The molecule has 0 spiro atoms. The summed E-state index contributed by atoms with van der Waals surface area (Å²) in [4.78, 5) is 22.8. The first-order valence-corrected chi connectivity index (χ1v) is 8.56. The lowest BCUT2D eigenvalue weighted by Crippen LogP contribution is -2.07. The van der Waals surface area contributed by atoms with Crippen LogP contribution in [0, 0.1) is 13.8 Å². The molecule has 0 aliphatic carbocycles. The Labute approximate surface area is 149 Å². The number of carbonyl (C=O) groups is 1. The second-order valence-electron chi connectivity index (χ2n) is 5.57. The molecule has 2 heterocycles. The van der Waals surface area contributed by atoms with Gasteiger partial charge in [0.2, 0.25) is 0 Å². The van der Waals surface area contributed by atoms with Crippen LogP contribution in [-0.2, 0) is 11.3 Å². The molecule has 25 heavy (non-hydrogen) atoms. The molecular formula is C18H19N3O3S. The summed E-state index contributed by atoms with van der Waals surface area (Å²) >= 11 is 1.66. The summed E-state index contributed by atoms with van der Waals surface area (Å²) in [5, 5.41) is 4.39. The lowest BCUT2D eigenvalue weighted by atomic mass is 10.1. The van der Waals surface area contributed by atoms with Crippen molar-refractivity contribution in [3.63, 3.8) is 0 Å². The third kappa shape index (κ3) is 3.28. The molecule has 0 saturated carbocycles. The molecule has 0 fully saturated rings. The topological polar surface area (TPSA) is 73.3 Å². The quantitative estimate of drug-likeness (QED) is 0.702. The molecular weight excluding hydrogens is 338 g/mol. The minimum atomic E-state index is -0.424. The van der Waals surface area contributed by atoms with Crippen molar-refractivity contribution in [1.82, 2.24) is 9.97 Å². The minimum Gasteiger partial charge on any atom is -0.496 e. The highest BCUT2D eigenvalue weighted by molar-refractivity contribution is 7.18. The number of aromatic nitrogens is 2. The third-order valence-electron chi connectivity index (χ3n) is 4.09. The van der Waals surface area contributed by atoms with Crippen molar-refractivity contribution in [3.05, 3.63) is 46.1 Å². The first-order valence-electron chi connectivity index (χ1n) is 7.75. The zero-order chi connectivity index (χ0) is 18.0. The lowest BCUT2D eigenvalue weighted by Gasteiger charge is -2.11. The zero-order valence-electron chi connectivity index (χ0n) is 14.5. The molecule has 3 rings (SSSR count). The van der Waals surface area contributed by atoms with E-state index in [4.69, 9.17) is 9.47 Å². The van der Waals surface area contributed by atoms with E-state index in [1.807, 2.05) is 6.07 Å². The number of thiophene rings is 1. The van der Waals surface area contributed by atoms with Crippen LogP contribution < -0.4 is 10.1 Å². The van der Waals surface area contributed by atoms with Crippen molar-refractivity contribution in [2.24, 2.45) is 0 Å². The maximum atomic E-state index is 11.9. The number of nitrogens with one attached hydrogen (secondary N) is 1. The normalized spacial score (nSPS) is 10.7. The Hall–Kier alpha value is -2.67. The number of aryl methyl sites for hydroxylation is 2. The molecule has 0 amide bonds. The van der Waals surface area contributed by atoms with Gasteiger partial charge in [-0.1, -0.05) is 6.07 Å². The summed E-state index contributed by atoms with van der Waals surface area (Å²) in [6, 6.07) is 5.43. The van der Waals surface area contributed by atoms with Crippen LogP contribution in [-0.4, -0.2) is 30.2 Å². The number of rotatable bonds is 5. The number of nitrogens with zero attached hydrogens (tertiary/aromatic N) is 2. The van der Waals surface area contributed by atoms with Gasteiger partial charge in [-0.2, -0.15) is 0 Å². The monoisotopic (exact) mass is 357 g/mol. The number of hydrogen-bond donors (Lipinski definition) is 1. The van der Waals surface area contributed by atoms with Gasteiger partial charge in [0.1, 0.15) is 28.3 Å². The number of benzene rings is 1. The minimum absolute atomic E-state index is 0.402. The second-order valence-corrected chi connectivity index (χ2v) is 6.77. The average Bonchev–Trinajstić information content (AvgIpc) is 2.93. The molecule has 0 saturated heterocycles. The standard InChI is InChI=1S/C18H19N3O3S/c1-10-11(2)25-17-15(10)16(20-9-21-17)19-8-12-5-6-14(23-3)13(7-12)18(22)24-4/h5-7,9H,8H2,1-4H3,(H,19,20,21). The Balaban J connectivity index is 1.88. The van der Waals surface area contributed by atoms with Crippen molar-refractivity contribution >= 4 is 33.3 Å². The molecule has 6 nitrogen and oxygen atoms in total. The van der Waals surface area contributed by atoms with Gasteiger partial charge in [0.15, 0.2) is 0 Å². The van der Waals surface area contributed by atoms with E-state index in [0.717, 1.165) is 21.6 Å². The zero-order valence-corrected chi connectivity index (χ0v) is 15.4. The van der Waals surface area contributed by atoms with Crippen LogP contribution in [0.5, 0.6) is 5.75 Å². The van der Waals surface area contributed by atoms with Gasteiger partial charge in [0, 0.05) is 11.4 Å². The van der Waals surface area contributed by atoms with Crippen molar-refractivity contribution in [2.75, 3.05) is 19.5 Å². The molecule has 0 bridgehead atoms. The Kier molecular flexibility index (Phi) is 4.85. The summed E-state index contributed by atoms with van der Waals surface area (Å²) < 4.78 is 10.0. The fourth-order valence-corrected chi connectivity index (χ4v) is 3.63. The maximum absolute atomic E-state index is 11.9. The molecule has 0 radical (unpaired) electrons. The highest BCUT2D eigenvalue weighted by Gasteiger charge is 2.15. The van der Waals surface area contributed by atoms with E-state index < -0.39 is 5.97 Å². The summed E-state index contributed by atoms with van der Waals surface area (Å²) in [6.07, 6.45) is 1.56. The number of esters is 1. The van der Waals surface area contributed by atoms with Gasteiger partial charge in [-0.25, -0.2) is 14.8 Å². The Bertz CT molecular complexity index is 937. The lowest BCUT2D eigenvalue weighted by molar-refractivity contribution is 0.0597. The molecule has 0 aliphatic rings. The van der Waals surface area contributed by atoms with Crippen LogP contribution in [0.1, 0.15) is 26.4 Å². The van der Waals surface area contributed by atoms with Crippen LogP contribution in [0.25, 0.3) is 10.2 Å². The van der Waals surface area contributed by atoms with E-state index in [1.54, 1.807) is 29.8 Å². The number of fused-ring (bicyclic) bond motifs is 1. The summed E-state index contributed by atoms with van der Waals surface area (Å²) in [6.45, 7) is 4.68. The first kappa shape index (κ1) is 17.2. The number of methoxy groups -OCH3 is 2. The average molecular weight is 357 g/mol. The summed E-state index contributed by atoms with van der Waals surface area (Å²) in [5.74, 6) is 0.860. The molecule has 7 heteroatoms. The van der Waals surface area contributed by atoms with Crippen LogP contribution in [0.3, 0.4) is 0 Å². The Morgan fingerprint density at radius 2 is 2.04 bits per heavy atom. The van der Waals surface area contributed by atoms with Crippen molar-refractivity contribution in [3.8, 4) is 5.75 Å². The highest BCUT2D eigenvalue weighted by atomic mass is 32.1. The summed E-state index contributed by atoms with van der Waals surface area (Å²) in [7, 11) is 2.88. The molecule has 130 valence electrons. The first-order chi connectivity index (χ1) is 12.0. The predicted molar refractivity (Wildman–Crippen MR) is 98.5 cm³/mol. The molecule has 1 aromatic carbocycles. The van der Waals surface area contributed by atoms with Crippen molar-refractivity contribution < 1.29 is 14.3 Å². The van der Waals surface area contributed by atoms with Gasteiger partial charge < -0.3 is 14.8 Å². The van der Waals surface area contributed by atoms with Crippen LogP contribution in [0.15, 0.2) is 24.5 Å². The molecule has 1 N–H and O–H groups in total. The van der Waals surface area contributed by atoms with Gasteiger partial charge in [-0.15, -0.1) is 11.3 Å². The van der Waals surface area contributed by atoms with Gasteiger partial charge in [0.25, 0.3) is 0 Å². The van der Waals surface area contributed by atoms with Gasteiger partial charge >= 0.3 is 5.97 Å². The van der Waals surface area contributed by atoms with Crippen LogP contribution >= 0.6 is 11.3 Å². The number of ether oxygens (including phenoxy) is 2. The van der Waals surface area contributed by atoms with Gasteiger partial charge in [-0.3, -0.25) is 0 Å². The maximum Gasteiger partial charge on any atom is 0.341 e. The largest absolute Gasteiger partial charge is 0.496 e. The molecule has 0 atom stereocenters. The fourth-order valence-electron chi connectivity index (χ4n) is 2.64. The third-order valence-corrected chi connectivity index (χ3v) is 5.21. The van der Waals surface area contributed by atoms with E-state index in [9.17, 15) is 4.79 Å². The fraction of sp³-hybridized carbons (Fsp3) is 0.278. The van der Waals surface area contributed by atoms with E-state index >= 15 is 0 Å². The second kappa shape index (κ2) is 7.06. The van der Waals surface area contributed by atoms with E-state index in [1.165, 1.54) is 24.7 Å². The van der Waals surface area contributed by atoms with E-state index in [0.29, 0.717) is 17.9 Å². The summed E-state index contributed by atoms with van der Waals surface area (Å²) in [5.41, 5.74) is 2.52. The molecule has 2 aromatic heterocycles. The predicted octanol–water partition coefficient (Wildman–Crippen LogP) is 3.72. The van der Waals surface area contributed by atoms with E-state index in [2.05, 4.69) is 29.1 Å². The van der Waals surface area contributed by atoms with Crippen LogP contribution in [0.4, 0.5) is 5.82 Å². The number of hydrogen-bond acceptors (Lipinski definition) is 7. The number of anilines is 1. The van der Waals surface area contributed by atoms with Gasteiger partial charge in [0.05, 0.1) is 19.6 Å². The van der Waals surface area contributed by atoms with Crippen LogP contribution in [0.2, 0.25) is 0 Å². The van der Waals surface area contributed by atoms with Gasteiger partial charge in [-0.05, 0) is 37.1 Å². The molecule has 0 unspecified atom stereocenters. The van der Waals surface area contributed by atoms with Crippen molar-refractivity contribution in [1.29, 1.82) is 0 Å².